The number of benzene rings is 7. The Morgan fingerprint density at radius 3 is 1.66 bits per heavy atom. The van der Waals surface area contributed by atoms with Crippen LogP contribution in [-0.2, 0) is 0 Å². The van der Waals surface area contributed by atoms with Crippen molar-refractivity contribution < 1.29 is 13.6 Å². The molecule has 0 spiro atoms. The third-order valence-electron chi connectivity index (χ3n) is 8.85. The van der Waals surface area contributed by atoms with E-state index in [4.69, 9.17) is 13.6 Å². The summed E-state index contributed by atoms with van der Waals surface area (Å²) in [5, 5.41) is 6.59. The van der Waals surface area contributed by atoms with Crippen molar-refractivity contribution in [1.82, 2.24) is 0 Å². The van der Waals surface area contributed by atoms with Gasteiger partial charge >= 0.3 is 0 Å². The molecule has 0 radical (unpaired) electrons. The average molecular weight is 566 g/mol. The molecule has 44 heavy (non-hydrogen) atoms. The quantitative estimate of drug-likeness (QED) is 0.214. The van der Waals surface area contributed by atoms with Crippen LogP contribution in [0.1, 0.15) is 0 Å². The van der Waals surface area contributed by atoms with E-state index in [0.717, 1.165) is 88.8 Å². The van der Waals surface area contributed by atoms with Gasteiger partial charge in [-0.2, -0.15) is 0 Å². The summed E-state index contributed by atoms with van der Waals surface area (Å²) in [6, 6.07) is 48.4. The second kappa shape index (κ2) is 8.76. The van der Waals surface area contributed by atoms with Gasteiger partial charge in [-0.25, -0.2) is 0 Å². The lowest BCUT2D eigenvalue weighted by atomic mass is 9.93. The zero-order valence-electron chi connectivity index (χ0n) is 23.5. The molecule has 7 aromatic carbocycles. The molecule has 0 fully saturated rings. The van der Waals surface area contributed by atoms with Crippen LogP contribution in [0.5, 0.6) is 11.5 Å². The Hall–Kier alpha value is -6.00. The first-order valence-electron chi connectivity index (χ1n) is 14.8. The number of nitrogens with zero attached hydrogens (tertiary/aromatic N) is 1. The van der Waals surface area contributed by atoms with E-state index in [-0.39, 0.29) is 0 Å². The molecule has 0 amide bonds. The predicted molar refractivity (Wildman–Crippen MR) is 179 cm³/mol. The maximum atomic E-state index is 6.44. The zero-order valence-corrected chi connectivity index (χ0v) is 23.5. The van der Waals surface area contributed by atoms with Crippen molar-refractivity contribution in [2.24, 2.45) is 0 Å². The fourth-order valence-electron chi connectivity index (χ4n) is 6.89. The maximum Gasteiger partial charge on any atom is 0.135 e. The smallest absolute Gasteiger partial charge is 0.135 e. The summed E-state index contributed by atoms with van der Waals surface area (Å²) in [6.45, 7) is 0. The molecular weight excluding hydrogens is 542 g/mol. The Morgan fingerprint density at radius 2 is 0.955 bits per heavy atom. The molecule has 0 atom stereocenters. The van der Waals surface area contributed by atoms with E-state index >= 15 is 0 Å². The van der Waals surface area contributed by atoms with Crippen LogP contribution in [0.4, 0.5) is 17.1 Å². The Kier molecular flexibility index (Phi) is 4.69. The predicted octanol–water partition coefficient (Wildman–Crippen LogP) is 11.9. The van der Waals surface area contributed by atoms with Crippen molar-refractivity contribution in [3.05, 3.63) is 140 Å². The summed E-state index contributed by atoms with van der Waals surface area (Å²) in [5.41, 5.74) is 8.92. The van der Waals surface area contributed by atoms with E-state index < -0.39 is 0 Å². The molecule has 2 aromatic heterocycles. The minimum atomic E-state index is 0.866. The molecule has 4 heteroatoms. The first-order chi connectivity index (χ1) is 21.8. The van der Waals surface area contributed by atoms with E-state index in [1.165, 1.54) is 5.56 Å². The van der Waals surface area contributed by atoms with Crippen LogP contribution < -0.4 is 9.64 Å². The van der Waals surface area contributed by atoms with Crippen LogP contribution in [0.2, 0.25) is 0 Å². The van der Waals surface area contributed by atoms with Crippen LogP contribution in [0.15, 0.2) is 148 Å². The Balaban J connectivity index is 1.27. The van der Waals surface area contributed by atoms with Crippen LogP contribution in [0.3, 0.4) is 0 Å². The zero-order chi connectivity index (χ0) is 28.8. The number of para-hydroxylation sites is 3. The number of hydrogen-bond donors (Lipinski definition) is 0. The molecule has 4 nitrogen and oxygen atoms in total. The summed E-state index contributed by atoms with van der Waals surface area (Å²) >= 11 is 0. The normalized spacial score (nSPS) is 12.3. The average Bonchev–Trinajstić information content (AvgIpc) is 3.64. The second-order valence-corrected chi connectivity index (χ2v) is 11.3. The Labute approximate surface area is 251 Å². The van der Waals surface area contributed by atoms with E-state index in [1.807, 2.05) is 36.4 Å². The van der Waals surface area contributed by atoms with E-state index in [9.17, 15) is 0 Å². The van der Waals surface area contributed by atoms with Crippen molar-refractivity contribution in [3.8, 4) is 22.6 Å². The second-order valence-electron chi connectivity index (χ2n) is 11.3. The molecule has 9 aromatic rings. The molecule has 0 saturated heterocycles. The minimum absolute atomic E-state index is 0.866. The molecule has 206 valence electrons. The van der Waals surface area contributed by atoms with E-state index in [2.05, 4.69) is 108 Å². The fourth-order valence-corrected chi connectivity index (χ4v) is 6.89. The molecule has 0 bridgehead atoms. The number of hydrogen-bond acceptors (Lipinski definition) is 4. The number of anilines is 3. The van der Waals surface area contributed by atoms with Gasteiger partial charge in [-0.1, -0.05) is 72.8 Å². The number of furan rings is 2. The summed E-state index contributed by atoms with van der Waals surface area (Å²) in [6.07, 6.45) is 0. The first-order valence-corrected chi connectivity index (χ1v) is 14.8. The molecule has 0 saturated carbocycles. The van der Waals surface area contributed by atoms with Crippen LogP contribution >= 0.6 is 0 Å². The molecule has 3 heterocycles. The Bertz CT molecular complexity index is 2490. The van der Waals surface area contributed by atoms with Gasteiger partial charge in [-0.05, 0) is 72.3 Å². The van der Waals surface area contributed by atoms with E-state index in [0.29, 0.717) is 0 Å². The molecule has 1 aliphatic rings. The van der Waals surface area contributed by atoms with Gasteiger partial charge in [-0.15, -0.1) is 0 Å². The van der Waals surface area contributed by atoms with Crippen LogP contribution in [-0.4, -0.2) is 0 Å². The van der Waals surface area contributed by atoms with E-state index in [1.54, 1.807) is 0 Å². The topological polar surface area (TPSA) is 38.8 Å². The van der Waals surface area contributed by atoms with Crippen molar-refractivity contribution in [3.63, 3.8) is 0 Å². The van der Waals surface area contributed by atoms with Gasteiger partial charge in [0.25, 0.3) is 0 Å². The van der Waals surface area contributed by atoms with Gasteiger partial charge in [0.05, 0.1) is 5.69 Å². The molecule has 10 rings (SSSR count). The molecular formula is C40H23NO3. The monoisotopic (exact) mass is 565 g/mol. The third-order valence-corrected chi connectivity index (χ3v) is 8.85. The molecule has 0 aliphatic carbocycles. The highest BCUT2D eigenvalue weighted by atomic mass is 16.5. The highest BCUT2D eigenvalue weighted by Crippen LogP contribution is 2.51. The van der Waals surface area contributed by atoms with Crippen molar-refractivity contribution >= 4 is 71.7 Å². The lowest BCUT2D eigenvalue weighted by Crippen LogP contribution is -2.11. The fraction of sp³-hybridized carbons (Fsp3) is 0. The van der Waals surface area contributed by atoms with Gasteiger partial charge in [0, 0.05) is 49.3 Å². The summed E-state index contributed by atoms with van der Waals surface area (Å²) in [4.78, 5) is 2.34. The van der Waals surface area contributed by atoms with Crippen molar-refractivity contribution in [2.45, 2.75) is 0 Å². The number of ether oxygens (including phenoxy) is 1. The molecule has 0 unspecified atom stereocenters. The SMILES string of the molecule is c1ccc2c(c1)Oc1cccc3c(N(c4ccc5oc6ccccc6c5c4)c4ccc5oc6ccccc6c5c4)ccc-2c13. The summed E-state index contributed by atoms with van der Waals surface area (Å²) < 4.78 is 18.9. The third kappa shape index (κ3) is 3.28. The first kappa shape index (κ1) is 23.6. The van der Waals surface area contributed by atoms with Crippen LogP contribution in [0, 0.1) is 0 Å². The largest absolute Gasteiger partial charge is 0.456 e. The summed E-state index contributed by atoms with van der Waals surface area (Å²) in [5.74, 6) is 1.75. The standard InChI is InChI=1S/C40H23NO3/c1-4-12-34-26(8-1)29-18-19-33(30-11-7-15-39(44-34)40(29)30)41(24-16-20-37-31(22-24)27-9-2-5-13-35(27)42-37)25-17-21-38-32(23-25)28-10-3-6-14-36(28)43-38/h1-23H. The van der Waals surface area contributed by atoms with Gasteiger partial charge in [-0.3, -0.25) is 0 Å². The van der Waals surface area contributed by atoms with Gasteiger partial charge in [0.15, 0.2) is 0 Å². The lowest BCUT2D eigenvalue weighted by Gasteiger charge is -2.29. The highest BCUT2D eigenvalue weighted by Gasteiger charge is 2.24. The van der Waals surface area contributed by atoms with Crippen LogP contribution in [0.25, 0.3) is 65.8 Å². The van der Waals surface area contributed by atoms with Gasteiger partial charge in [0.1, 0.15) is 33.8 Å². The lowest BCUT2D eigenvalue weighted by molar-refractivity contribution is 0.487. The molecule has 1 aliphatic heterocycles. The van der Waals surface area contributed by atoms with Gasteiger partial charge < -0.3 is 18.5 Å². The Morgan fingerprint density at radius 1 is 0.386 bits per heavy atom. The highest BCUT2D eigenvalue weighted by molar-refractivity contribution is 6.13. The van der Waals surface area contributed by atoms with Crippen molar-refractivity contribution in [1.29, 1.82) is 0 Å². The summed E-state index contributed by atoms with van der Waals surface area (Å²) in [7, 11) is 0. The van der Waals surface area contributed by atoms with Crippen molar-refractivity contribution in [2.75, 3.05) is 4.90 Å². The number of fused-ring (bicyclic) bond motifs is 8. The maximum absolute atomic E-state index is 6.44. The number of rotatable bonds is 3. The van der Waals surface area contributed by atoms with Gasteiger partial charge in [0.2, 0.25) is 0 Å². The minimum Gasteiger partial charge on any atom is -0.456 e. The molecule has 0 N–H and O–H groups in total.